The van der Waals surface area contributed by atoms with Crippen LogP contribution in [0.25, 0.3) is 0 Å². The summed E-state index contributed by atoms with van der Waals surface area (Å²) in [5, 5.41) is 18.2. The molecular formula is C21H16N4O6. The lowest BCUT2D eigenvalue weighted by atomic mass is 10.2. The minimum absolute atomic E-state index is 0.0571. The van der Waals surface area contributed by atoms with Crippen molar-refractivity contribution in [3.05, 3.63) is 94.0 Å². The van der Waals surface area contributed by atoms with Crippen molar-refractivity contribution in [2.24, 2.45) is 10.2 Å². The summed E-state index contributed by atoms with van der Waals surface area (Å²) in [6, 6.07) is 17.9. The second kappa shape index (κ2) is 9.74. The first-order valence-corrected chi connectivity index (χ1v) is 8.88. The number of methoxy groups -OCH3 is 1. The van der Waals surface area contributed by atoms with E-state index in [2.05, 4.69) is 15.7 Å². The van der Waals surface area contributed by atoms with Crippen LogP contribution < -0.4 is 10.2 Å². The number of nitro groups is 1. The van der Waals surface area contributed by atoms with Crippen LogP contribution in [0.15, 0.2) is 83.0 Å². The van der Waals surface area contributed by atoms with Gasteiger partial charge in [0.05, 0.1) is 34.5 Å². The summed E-state index contributed by atoms with van der Waals surface area (Å²) in [4.78, 5) is 39.3. The zero-order valence-electron chi connectivity index (χ0n) is 16.2. The Balaban J connectivity index is 1.57. The maximum atomic E-state index is 12.1. The smallest absolute Gasteiger partial charge is 0.362 e. The second-order valence-corrected chi connectivity index (χ2v) is 6.08. The van der Waals surface area contributed by atoms with Crippen molar-refractivity contribution >= 4 is 28.9 Å². The summed E-state index contributed by atoms with van der Waals surface area (Å²) in [5.41, 5.74) is 3.56. The van der Waals surface area contributed by atoms with E-state index < -0.39 is 16.8 Å². The van der Waals surface area contributed by atoms with E-state index in [-0.39, 0.29) is 11.3 Å². The molecule has 0 bridgehead atoms. The number of benzene rings is 3. The lowest BCUT2D eigenvalue weighted by molar-refractivity contribution is -0.384. The van der Waals surface area contributed by atoms with Crippen LogP contribution in [-0.4, -0.2) is 23.9 Å². The van der Waals surface area contributed by atoms with E-state index in [4.69, 9.17) is 9.57 Å². The molecule has 0 spiro atoms. The molecule has 0 heterocycles. The normalized spacial score (nSPS) is 10.5. The van der Waals surface area contributed by atoms with E-state index in [1.54, 1.807) is 48.5 Å². The number of carbonyl (C=O) groups excluding carboxylic acids is 2. The Labute approximate surface area is 176 Å². The van der Waals surface area contributed by atoms with Crippen molar-refractivity contribution in [3.8, 4) is 5.75 Å². The van der Waals surface area contributed by atoms with Crippen LogP contribution in [0.5, 0.6) is 5.75 Å². The summed E-state index contributed by atoms with van der Waals surface area (Å²) < 4.78 is 5.03. The number of anilines is 1. The Hall–Kier alpha value is -4.60. The van der Waals surface area contributed by atoms with Crippen LogP contribution in [0.3, 0.4) is 0 Å². The largest absolute Gasteiger partial charge is 0.497 e. The molecule has 1 amide bonds. The first-order valence-electron chi connectivity index (χ1n) is 8.88. The summed E-state index contributed by atoms with van der Waals surface area (Å²) >= 11 is 0. The molecular weight excluding hydrogens is 404 g/mol. The Morgan fingerprint density at radius 3 is 2.32 bits per heavy atom. The number of azo groups is 1. The topological polar surface area (TPSA) is 132 Å². The molecule has 3 aromatic rings. The van der Waals surface area contributed by atoms with Crippen LogP contribution in [-0.2, 0) is 4.84 Å². The van der Waals surface area contributed by atoms with Crippen molar-refractivity contribution in [1.29, 1.82) is 0 Å². The molecule has 31 heavy (non-hydrogen) atoms. The van der Waals surface area contributed by atoms with Gasteiger partial charge >= 0.3 is 5.97 Å². The molecule has 0 fully saturated rings. The van der Waals surface area contributed by atoms with Crippen LogP contribution in [0.2, 0.25) is 0 Å². The van der Waals surface area contributed by atoms with Gasteiger partial charge in [-0.2, -0.15) is 0 Å². The van der Waals surface area contributed by atoms with Crippen LogP contribution in [0.1, 0.15) is 20.7 Å². The minimum Gasteiger partial charge on any atom is -0.497 e. The summed E-state index contributed by atoms with van der Waals surface area (Å²) in [6.45, 7) is 0. The Morgan fingerprint density at radius 1 is 0.968 bits per heavy atom. The number of hydrogen-bond donors (Lipinski definition) is 1. The molecule has 3 rings (SSSR count). The highest BCUT2D eigenvalue weighted by Gasteiger charge is 2.11. The average Bonchev–Trinajstić information content (AvgIpc) is 2.81. The van der Waals surface area contributed by atoms with E-state index >= 15 is 0 Å². The third kappa shape index (κ3) is 5.70. The number of non-ortho nitro benzene ring substituents is 1. The number of carbonyl (C=O) groups is 2. The fraction of sp³-hybridized carbons (Fsp3) is 0.0476. The van der Waals surface area contributed by atoms with Gasteiger partial charge in [-0.25, -0.2) is 10.3 Å². The molecule has 10 heteroatoms. The zero-order valence-corrected chi connectivity index (χ0v) is 16.2. The van der Waals surface area contributed by atoms with Gasteiger partial charge in [0.2, 0.25) is 0 Å². The van der Waals surface area contributed by atoms with E-state index in [1.807, 2.05) is 0 Å². The number of rotatable bonds is 7. The molecule has 0 saturated heterocycles. The molecule has 0 unspecified atom stereocenters. The van der Waals surface area contributed by atoms with E-state index in [0.29, 0.717) is 22.7 Å². The highest BCUT2D eigenvalue weighted by atomic mass is 16.7. The lowest BCUT2D eigenvalue weighted by Crippen LogP contribution is -2.10. The van der Waals surface area contributed by atoms with E-state index in [0.717, 1.165) is 6.07 Å². The van der Waals surface area contributed by atoms with Crippen molar-refractivity contribution in [1.82, 2.24) is 0 Å². The highest BCUT2D eigenvalue weighted by molar-refractivity contribution is 5.95. The molecule has 0 aliphatic heterocycles. The van der Waals surface area contributed by atoms with Gasteiger partial charge in [-0.1, -0.05) is 6.07 Å². The van der Waals surface area contributed by atoms with Crippen molar-refractivity contribution in [3.63, 3.8) is 0 Å². The second-order valence-electron chi connectivity index (χ2n) is 6.08. The fourth-order valence-corrected chi connectivity index (χ4v) is 2.40. The lowest BCUT2D eigenvalue weighted by Gasteiger charge is -2.07. The monoisotopic (exact) mass is 420 g/mol. The Bertz CT molecular complexity index is 1130. The summed E-state index contributed by atoms with van der Waals surface area (Å²) in [6.07, 6.45) is 0. The number of ether oxygens (including phenoxy) is 1. The highest BCUT2D eigenvalue weighted by Crippen LogP contribution is 2.19. The molecule has 0 aromatic heterocycles. The third-order valence-corrected chi connectivity index (χ3v) is 4.01. The number of nitro benzene ring substituents is 1. The average molecular weight is 420 g/mol. The molecule has 1 N–H and O–H groups in total. The molecule has 0 aliphatic rings. The number of amides is 1. The van der Waals surface area contributed by atoms with Gasteiger partial charge in [-0.05, 0) is 54.6 Å². The standard InChI is InChI=1S/C21H16N4O6/c1-30-19-11-5-14(6-12-19)21(27)31-24-17-9-7-16(8-10-17)22-23-20(26)15-3-2-4-18(13-15)25(28)29/h2-13,24H,1H3. The van der Waals surface area contributed by atoms with Gasteiger partial charge in [0.1, 0.15) is 5.75 Å². The molecule has 0 radical (unpaired) electrons. The van der Waals surface area contributed by atoms with Gasteiger partial charge in [0, 0.05) is 12.1 Å². The number of nitrogens with zero attached hydrogens (tertiary/aromatic N) is 3. The van der Waals surface area contributed by atoms with Crippen LogP contribution in [0.4, 0.5) is 17.1 Å². The molecule has 156 valence electrons. The Kier molecular flexibility index (Phi) is 6.64. The number of hydrogen-bond acceptors (Lipinski definition) is 8. The molecule has 3 aromatic carbocycles. The van der Waals surface area contributed by atoms with Crippen LogP contribution in [0, 0.1) is 10.1 Å². The van der Waals surface area contributed by atoms with Crippen LogP contribution >= 0.6 is 0 Å². The quantitative estimate of drug-likeness (QED) is 0.332. The fourth-order valence-electron chi connectivity index (χ4n) is 2.40. The van der Waals surface area contributed by atoms with E-state index in [1.165, 1.54) is 25.3 Å². The first kappa shape index (κ1) is 21.1. The predicted molar refractivity (Wildman–Crippen MR) is 110 cm³/mol. The summed E-state index contributed by atoms with van der Waals surface area (Å²) in [5.74, 6) is -0.661. The van der Waals surface area contributed by atoms with Gasteiger partial charge in [0.15, 0.2) is 0 Å². The molecule has 0 atom stereocenters. The minimum atomic E-state index is -0.709. The van der Waals surface area contributed by atoms with Crippen molar-refractivity contribution < 1.29 is 24.1 Å². The molecule has 0 aliphatic carbocycles. The van der Waals surface area contributed by atoms with Gasteiger partial charge in [0.25, 0.3) is 11.6 Å². The molecule has 0 saturated carbocycles. The number of nitrogens with one attached hydrogen (secondary N) is 1. The summed E-state index contributed by atoms with van der Waals surface area (Å²) in [7, 11) is 1.53. The van der Waals surface area contributed by atoms with Crippen molar-refractivity contribution in [2.75, 3.05) is 12.6 Å². The third-order valence-electron chi connectivity index (χ3n) is 4.01. The van der Waals surface area contributed by atoms with Crippen molar-refractivity contribution in [2.45, 2.75) is 0 Å². The molecule has 10 nitrogen and oxygen atoms in total. The van der Waals surface area contributed by atoms with Gasteiger partial charge in [-0.15, -0.1) is 10.2 Å². The van der Waals surface area contributed by atoms with Gasteiger partial charge in [-0.3, -0.25) is 14.9 Å². The zero-order chi connectivity index (χ0) is 22.2. The first-order chi connectivity index (χ1) is 15.0. The van der Waals surface area contributed by atoms with Gasteiger partial charge < -0.3 is 9.57 Å². The predicted octanol–water partition coefficient (Wildman–Crippen LogP) is 4.71. The SMILES string of the molecule is COc1ccc(C(=O)ONc2ccc(N=NC(=O)c3cccc([N+](=O)[O-])c3)cc2)cc1. The maximum absolute atomic E-state index is 12.1. The van der Waals surface area contributed by atoms with E-state index in [9.17, 15) is 19.7 Å². The Morgan fingerprint density at radius 2 is 1.68 bits per heavy atom. The maximum Gasteiger partial charge on any atom is 0.362 e.